The Morgan fingerprint density at radius 2 is 1.95 bits per heavy atom. The van der Waals surface area contributed by atoms with Gasteiger partial charge in [0.15, 0.2) is 6.10 Å². The molecule has 0 heterocycles. The summed E-state index contributed by atoms with van der Waals surface area (Å²) in [4.78, 5) is 22.1. The Hall–Kier alpha value is -1.95. The van der Waals surface area contributed by atoms with Gasteiger partial charge in [-0.1, -0.05) is 29.8 Å². The van der Waals surface area contributed by atoms with Gasteiger partial charge in [-0.25, -0.2) is 9.59 Å². The molecule has 1 aromatic rings. The van der Waals surface area contributed by atoms with E-state index in [1.807, 2.05) is 0 Å². The summed E-state index contributed by atoms with van der Waals surface area (Å²) >= 11 is 6.03. The molecular formula is C12H15ClN2O4. The van der Waals surface area contributed by atoms with E-state index in [9.17, 15) is 9.59 Å². The second-order valence-electron chi connectivity index (χ2n) is 3.74. The van der Waals surface area contributed by atoms with Crippen molar-refractivity contribution in [3.8, 4) is 0 Å². The van der Waals surface area contributed by atoms with Crippen molar-refractivity contribution < 1.29 is 19.1 Å². The number of amides is 2. The van der Waals surface area contributed by atoms with Gasteiger partial charge in [0.2, 0.25) is 0 Å². The van der Waals surface area contributed by atoms with Gasteiger partial charge >= 0.3 is 12.2 Å². The zero-order valence-electron chi connectivity index (χ0n) is 10.6. The Kier molecular flexibility index (Phi) is 5.44. The predicted octanol–water partition coefficient (Wildman–Crippen LogP) is 2.22. The Morgan fingerprint density at radius 1 is 1.32 bits per heavy atom. The van der Waals surface area contributed by atoms with E-state index >= 15 is 0 Å². The fraction of sp³-hybridized carbons (Fsp3) is 0.333. The minimum Gasteiger partial charge on any atom is -0.442 e. The maximum absolute atomic E-state index is 11.2. The Balaban J connectivity index is 2.98. The molecule has 2 atom stereocenters. The predicted molar refractivity (Wildman–Crippen MR) is 69.9 cm³/mol. The summed E-state index contributed by atoms with van der Waals surface area (Å²) < 4.78 is 10.0. The van der Waals surface area contributed by atoms with Crippen molar-refractivity contribution in [3.05, 3.63) is 34.9 Å². The van der Waals surface area contributed by atoms with E-state index in [4.69, 9.17) is 26.8 Å². The van der Waals surface area contributed by atoms with Gasteiger partial charge in [0.1, 0.15) is 6.10 Å². The molecule has 0 aromatic heterocycles. The molecule has 6 nitrogen and oxygen atoms in total. The lowest BCUT2D eigenvalue weighted by Crippen LogP contribution is -2.32. The molecule has 2 amide bonds. The van der Waals surface area contributed by atoms with Crippen LogP contribution in [-0.4, -0.2) is 25.3 Å². The standard InChI is InChI=1S/C12H15ClN2O4/c1-7(18-12(17)15-2)10(19-11(14)16)8-5-3-4-6-9(8)13/h3-7,10H,1-2H3,(H2,14,16)(H,15,17)/t7-,10+/m0/s1. The first-order valence-corrected chi connectivity index (χ1v) is 5.92. The van der Waals surface area contributed by atoms with Crippen LogP contribution in [0.5, 0.6) is 0 Å². The molecule has 19 heavy (non-hydrogen) atoms. The summed E-state index contributed by atoms with van der Waals surface area (Å²) in [7, 11) is 1.43. The van der Waals surface area contributed by atoms with E-state index in [0.717, 1.165) is 0 Å². The van der Waals surface area contributed by atoms with Crippen LogP contribution in [0.25, 0.3) is 0 Å². The Morgan fingerprint density at radius 3 is 2.47 bits per heavy atom. The smallest absolute Gasteiger partial charge is 0.407 e. The third-order valence-corrected chi connectivity index (χ3v) is 2.72. The Labute approximate surface area is 115 Å². The minimum absolute atomic E-state index is 0.390. The molecular weight excluding hydrogens is 272 g/mol. The SMILES string of the molecule is CNC(=O)O[C@@H](C)[C@@H](OC(N)=O)c1ccccc1Cl. The maximum atomic E-state index is 11.2. The van der Waals surface area contributed by atoms with E-state index in [2.05, 4.69) is 5.32 Å². The highest BCUT2D eigenvalue weighted by molar-refractivity contribution is 6.31. The van der Waals surface area contributed by atoms with Crippen LogP contribution in [0.2, 0.25) is 5.02 Å². The average molecular weight is 287 g/mol. The molecule has 0 aliphatic rings. The number of alkyl carbamates (subject to hydrolysis) is 1. The second kappa shape index (κ2) is 6.84. The van der Waals surface area contributed by atoms with Crippen molar-refractivity contribution in [3.63, 3.8) is 0 Å². The molecule has 0 radical (unpaired) electrons. The van der Waals surface area contributed by atoms with Crippen LogP contribution < -0.4 is 11.1 Å². The average Bonchev–Trinajstić information content (AvgIpc) is 2.36. The number of carbonyl (C=O) groups excluding carboxylic acids is 2. The number of rotatable bonds is 4. The number of benzene rings is 1. The van der Waals surface area contributed by atoms with Crippen molar-refractivity contribution in [1.82, 2.24) is 5.32 Å². The molecule has 0 unspecified atom stereocenters. The topological polar surface area (TPSA) is 90.7 Å². The number of primary amides is 1. The highest BCUT2D eigenvalue weighted by Gasteiger charge is 2.27. The van der Waals surface area contributed by atoms with Crippen LogP contribution in [0, 0.1) is 0 Å². The lowest BCUT2D eigenvalue weighted by Gasteiger charge is -2.24. The summed E-state index contributed by atoms with van der Waals surface area (Å²) in [6.07, 6.45) is -3.23. The van der Waals surface area contributed by atoms with Gasteiger partial charge in [0.25, 0.3) is 0 Å². The van der Waals surface area contributed by atoms with Crippen LogP contribution in [0.3, 0.4) is 0 Å². The van der Waals surface area contributed by atoms with Gasteiger partial charge in [0.05, 0.1) is 0 Å². The third-order valence-electron chi connectivity index (χ3n) is 2.38. The number of halogens is 1. The monoisotopic (exact) mass is 286 g/mol. The molecule has 0 aliphatic heterocycles. The summed E-state index contributed by atoms with van der Waals surface area (Å²) in [6, 6.07) is 6.77. The maximum Gasteiger partial charge on any atom is 0.407 e. The summed E-state index contributed by atoms with van der Waals surface area (Å²) in [5.74, 6) is 0. The number of carbonyl (C=O) groups is 2. The number of nitrogens with two attached hydrogens (primary N) is 1. The molecule has 0 saturated heterocycles. The van der Waals surface area contributed by atoms with Crippen LogP contribution in [0.1, 0.15) is 18.6 Å². The van der Waals surface area contributed by atoms with E-state index in [0.29, 0.717) is 10.6 Å². The molecule has 104 valence electrons. The highest BCUT2D eigenvalue weighted by atomic mass is 35.5. The first-order chi connectivity index (χ1) is 8.95. The van der Waals surface area contributed by atoms with Crippen molar-refractivity contribution in [2.24, 2.45) is 5.73 Å². The summed E-state index contributed by atoms with van der Waals surface area (Å²) in [5.41, 5.74) is 5.53. The normalized spacial score (nSPS) is 13.2. The van der Waals surface area contributed by atoms with E-state index in [1.54, 1.807) is 31.2 Å². The summed E-state index contributed by atoms with van der Waals surface area (Å²) in [5, 5.41) is 2.69. The minimum atomic E-state index is -0.975. The first kappa shape index (κ1) is 15.1. The fourth-order valence-corrected chi connectivity index (χ4v) is 1.78. The lowest BCUT2D eigenvalue weighted by molar-refractivity contribution is 0.00173. The van der Waals surface area contributed by atoms with Gasteiger partial charge in [-0.3, -0.25) is 0 Å². The molecule has 3 N–H and O–H groups in total. The van der Waals surface area contributed by atoms with Crippen LogP contribution in [0.15, 0.2) is 24.3 Å². The zero-order valence-corrected chi connectivity index (χ0v) is 11.3. The first-order valence-electron chi connectivity index (χ1n) is 5.54. The van der Waals surface area contributed by atoms with Crippen molar-refractivity contribution >= 4 is 23.8 Å². The molecule has 0 spiro atoms. The molecule has 7 heteroatoms. The van der Waals surface area contributed by atoms with E-state index in [1.165, 1.54) is 7.05 Å². The highest BCUT2D eigenvalue weighted by Crippen LogP contribution is 2.29. The van der Waals surface area contributed by atoms with Crippen molar-refractivity contribution in [2.45, 2.75) is 19.1 Å². The number of ether oxygens (including phenoxy) is 2. The second-order valence-corrected chi connectivity index (χ2v) is 4.15. The zero-order chi connectivity index (χ0) is 14.4. The van der Waals surface area contributed by atoms with Crippen LogP contribution >= 0.6 is 11.6 Å². The number of hydrogen-bond acceptors (Lipinski definition) is 4. The largest absolute Gasteiger partial charge is 0.442 e. The van der Waals surface area contributed by atoms with Crippen LogP contribution in [-0.2, 0) is 9.47 Å². The van der Waals surface area contributed by atoms with Gasteiger partial charge < -0.3 is 20.5 Å². The van der Waals surface area contributed by atoms with E-state index in [-0.39, 0.29) is 0 Å². The van der Waals surface area contributed by atoms with Crippen molar-refractivity contribution in [1.29, 1.82) is 0 Å². The third kappa shape index (κ3) is 4.33. The Bertz CT molecular complexity index is 467. The molecule has 0 saturated carbocycles. The quantitative estimate of drug-likeness (QED) is 0.888. The van der Waals surface area contributed by atoms with E-state index < -0.39 is 24.4 Å². The van der Waals surface area contributed by atoms with Crippen LogP contribution in [0.4, 0.5) is 9.59 Å². The molecule has 0 aliphatic carbocycles. The lowest BCUT2D eigenvalue weighted by atomic mass is 10.1. The van der Waals surface area contributed by atoms with Gasteiger partial charge in [-0.15, -0.1) is 0 Å². The fourth-order valence-electron chi connectivity index (χ4n) is 1.53. The number of hydrogen-bond donors (Lipinski definition) is 2. The molecule has 1 aromatic carbocycles. The molecule has 0 fully saturated rings. The van der Waals surface area contributed by atoms with Gasteiger partial charge in [0, 0.05) is 17.6 Å². The summed E-state index contributed by atoms with van der Waals surface area (Å²) in [6.45, 7) is 1.58. The van der Waals surface area contributed by atoms with Crippen molar-refractivity contribution in [2.75, 3.05) is 7.05 Å². The number of nitrogens with one attached hydrogen (secondary N) is 1. The molecule has 0 bridgehead atoms. The van der Waals surface area contributed by atoms with Gasteiger partial charge in [-0.05, 0) is 13.0 Å². The molecule has 1 rings (SSSR count). The van der Waals surface area contributed by atoms with Gasteiger partial charge in [-0.2, -0.15) is 0 Å².